The van der Waals surface area contributed by atoms with Crippen molar-refractivity contribution in [2.24, 2.45) is 11.5 Å². The Kier molecular flexibility index (Phi) is 4.67. The molecule has 0 aliphatic carbocycles. The highest BCUT2D eigenvalue weighted by molar-refractivity contribution is 5.79. The summed E-state index contributed by atoms with van der Waals surface area (Å²) in [5.74, 6) is -1.00. The second-order valence-electron chi connectivity index (χ2n) is 4.21. The van der Waals surface area contributed by atoms with Gasteiger partial charge in [-0.3, -0.25) is 14.5 Å². The first kappa shape index (κ1) is 14.0. The highest BCUT2D eigenvalue weighted by Gasteiger charge is 2.13. The molecule has 2 amide bonds. The van der Waals surface area contributed by atoms with Gasteiger partial charge in [-0.15, -0.1) is 0 Å². The van der Waals surface area contributed by atoms with E-state index in [1.165, 1.54) is 0 Å². The average molecular weight is 250 g/mol. The molecular formula is C12H18N4O2. The first-order chi connectivity index (χ1) is 8.40. The van der Waals surface area contributed by atoms with E-state index in [2.05, 4.69) is 0 Å². The van der Waals surface area contributed by atoms with E-state index in [0.29, 0.717) is 12.2 Å². The summed E-state index contributed by atoms with van der Waals surface area (Å²) >= 11 is 0. The van der Waals surface area contributed by atoms with E-state index in [9.17, 15) is 9.59 Å². The summed E-state index contributed by atoms with van der Waals surface area (Å²) in [7, 11) is 0. The van der Waals surface area contributed by atoms with Gasteiger partial charge in [0.05, 0.1) is 13.1 Å². The minimum Gasteiger partial charge on any atom is -0.399 e. The fraction of sp³-hybridized carbons (Fsp3) is 0.333. The van der Waals surface area contributed by atoms with Gasteiger partial charge in [-0.2, -0.15) is 0 Å². The van der Waals surface area contributed by atoms with Crippen molar-refractivity contribution in [1.29, 1.82) is 0 Å². The molecule has 6 N–H and O–H groups in total. The number of primary amides is 2. The molecule has 0 bridgehead atoms. The number of benzene rings is 1. The summed E-state index contributed by atoms with van der Waals surface area (Å²) in [6, 6.07) is 5.51. The van der Waals surface area contributed by atoms with Crippen LogP contribution in [0.3, 0.4) is 0 Å². The smallest absolute Gasteiger partial charge is 0.231 e. The molecule has 0 saturated carbocycles. The van der Waals surface area contributed by atoms with Crippen LogP contribution in [0.15, 0.2) is 18.2 Å². The van der Waals surface area contributed by atoms with Crippen LogP contribution in [0, 0.1) is 6.92 Å². The Morgan fingerprint density at radius 1 is 1.17 bits per heavy atom. The van der Waals surface area contributed by atoms with Crippen molar-refractivity contribution < 1.29 is 9.59 Å². The van der Waals surface area contributed by atoms with Gasteiger partial charge in [-0.25, -0.2) is 0 Å². The van der Waals surface area contributed by atoms with E-state index in [1.54, 1.807) is 11.0 Å². The largest absolute Gasteiger partial charge is 0.399 e. The Labute approximate surface area is 106 Å². The lowest BCUT2D eigenvalue weighted by molar-refractivity contribution is -0.122. The zero-order valence-corrected chi connectivity index (χ0v) is 10.3. The molecule has 0 heterocycles. The third-order valence-electron chi connectivity index (χ3n) is 2.64. The van der Waals surface area contributed by atoms with Gasteiger partial charge in [0.25, 0.3) is 0 Å². The third-order valence-corrected chi connectivity index (χ3v) is 2.64. The molecule has 1 aromatic rings. The number of nitrogens with two attached hydrogens (primary N) is 3. The van der Waals surface area contributed by atoms with Crippen molar-refractivity contribution in [3.63, 3.8) is 0 Å². The van der Waals surface area contributed by atoms with Crippen LogP contribution >= 0.6 is 0 Å². The van der Waals surface area contributed by atoms with Crippen molar-refractivity contribution in [2.75, 3.05) is 18.8 Å². The second-order valence-corrected chi connectivity index (χ2v) is 4.21. The number of carbonyl (C=O) groups is 2. The van der Waals surface area contributed by atoms with Gasteiger partial charge in [-0.05, 0) is 24.1 Å². The van der Waals surface area contributed by atoms with E-state index < -0.39 is 11.8 Å². The molecule has 0 spiro atoms. The van der Waals surface area contributed by atoms with E-state index in [1.807, 2.05) is 19.1 Å². The van der Waals surface area contributed by atoms with Crippen molar-refractivity contribution in [1.82, 2.24) is 4.90 Å². The quantitative estimate of drug-likeness (QED) is 0.582. The van der Waals surface area contributed by atoms with E-state index >= 15 is 0 Å². The molecule has 6 heteroatoms. The lowest BCUT2D eigenvalue weighted by Crippen LogP contribution is -2.39. The molecule has 6 nitrogen and oxygen atoms in total. The minimum absolute atomic E-state index is 0.0167. The van der Waals surface area contributed by atoms with Gasteiger partial charge in [0.15, 0.2) is 0 Å². The molecule has 0 fully saturated rings. The zero-order valence-electron chi connectivity index (χ0n) is 10.3. The Hall–Kier alpha value is -2.08. The molecule has 1 aromatic carbocycles. The molecule has 0 radical (unpaired) electrons. The first-order valence-electron chi connectivity index (χ1n) is 5.53. The standard InChI is InChI=1S/C12H18N4O2/c1-8-9(3-2-4-10(8)13)5-16(6-11(14)17)7-12(15)18/h2-4H,5-7,13H2,1H3,(H2,14,17)(H2,15,18). The Balaban J connectivity index is 2.84. The number of anilines is 1. The number of carbonyl (C=O) groups excluding carboxylic acids is 2. The number of hydrogen-bond donors (Lipinski definition) is 3. The average Bonchev–Trinajstić information content (AvgIpc) is 2.23. The lowest BCUT2D eigenvalue weighted by atomic mass is 10.1. The van der Waals surface area contributed by atoms with Gasteiger partial charge in [0.1, 0.15) is 0 Å². The Bertz CT molecular complexity index is 443. The highest BCUT2D eigenvalue weighted by atomic mass is 16.2. The maximum absolute atomic E-state index is 10.9. The topological polar surface area (TPSA) is 115 Å². The number of amides is 2. The molecule has 1 rings (SSSR count). The number of hydrogen-bond acceptors (Lipinski definition) is 4. The van der Waals surface area contributed by atoms with Crippen LogP contribution < -0.4 is 17.2 Å². The van der Waals surface area contributed by atoms with Gasteiger partial charge >= 0.3 is 0 Å². The monoisotopic (exact) mass is 250 g/mol. The number of nitrogens with zero attached hydrogens (tertiary/aromatic N) is 1. The van der Waals surface area contributed by atoms with Crippen LogP contribution in [0.4, 0.5) is 5.69 Å². The fourth-order valence-corrected chi connectivity index (χ4v) is 1.72. The Morgan fingerprint density at radius 2 is 1.72 bits per heavy atom. The van der Waals surface area contributed by atoms with Crippen LogP contribution in [-0.4, -0.2) is 29.8 Å². The summed E-state index contributed by atoms with van der Waals surface area (Å²) in [6.07, 6.45) is 0. The summed E-state index contributed by atoms with van der Waals surface area (Å²) < 4.78 is 0. The predicted octanol–water partition coefficient (Wildman–Crippen LogP) is -0.650. The van der Waals surface area contributed by atoms with Crippen molar-refractivity contribution in [3.8, 4) is 0 Å². The summed E-state index contributed by atoms with van der Waals surface area (Å²) in [5, 5.41) is 0. The fourth-order valence-electron chi connectivity index (χ4n) is 1.72. The molecule has 0 atom stereocenters. The molecule has 0 saturated heterocycles. The minimum atomic E-state index is -0.502. The van der Waals surface area contributed by atoms with Crippen LogP contribution in [0.2, 0.25) is 0 Å². The van der Waals surface area contributed by atoms with Crippen LogP contribution in [-0.2, 0) is 16.1 Å². The second kappa shape index (κ2) is 6.02. The van der Waals surface area contributed by atoms with Crippen molar-refractivity contribution in [3.05, 3.63) is 29.3 Å². The maximum Gasteiger partial charge on any atom is 0.231 e. The molecular weight excluding hydrogens is 232 g/mol. The lowest BCUT2D eigenvalue weighted by Gasteiger charge is -2.20. The molecule has 0 unspecified atom stereocenters. The van der Waals surface area contributed by atoms with Crippen molar-refractivity contribution in [2.45, 2.75) is 13.5 Å². The summed E-state index contributed by atoms with van der Waals surface area (Å²) in [4.78, 5) is 23.5. The molecule has 0 aromatic heterocycles. The predicted molar refractivity (Wildman–Crippen MR) is 69.3 cm³/mol. The zero-order chi connectivity index (χ0) is 13.7. The third kappa shape index (κ3) is 4.06. The maximum atomic E-state index is 10.9. The molecule has 18 heavy (non-hydrogen) atoms. The number of nitrogen functional groups attached to an aromatic ring is 1. The van der Waals surface area contributed by atoms with Gasteiger partial charge in [0, 0.05) is 12.2 Å². The molecule has 98 valence electrons. The van der Waals surface area contributed by atoms with Crippen LogP contribution in [0.25, 0.3) is 0 Å². The highest BCUT2D eigenvalue weighted by Crippen LogP contribution is 2.17. The first-order valence-corrected chi connectivity index (χ1v) is 5.53. The van der Waals surface area contributed by atoms with Gasteiger partial charge < -0.3 is 17.2 Å². The molecule has 0 aliphatic rings. The Morgan fingerprint density at radius 3 is 2.22 bits per heavy atom. The summed E-state index contributed by atoms with van der Waals surface area (Å²) in [6.45, 7) is 2.26. The number of rotatable bonds is 6. The SMILES string of the molecule is Cc1c(N)cccc1CN(CC(N)=O)CC(N)=O. The van der Waals surface area contributed by atoms with Crippen molar-refractivity contribution >= 4 is 17.5 Å². The normalized spacial score (nSPS) is 10.6. The summed E-state index contributed by atoms with van der Waals surface area (Å²) in [5.41, 5.74) is 18.6. The van der Waals surface area contributed by atoms with Crippen LogP contribution in [0.1, 0.15) is 11.1 Å². The van der Waals surface area contributed by atoms with E-state index in [0.717, 1.165) is 11.1 Å². The van der Waals surface area contributed by atoms with E-state index in [-0.39, 0.29) is 13.1 Å². The van der Waals surface area contributed by atoms with Gasteiger partial charge in [0.2, 0.25) is 11.8 Å². The van der Waals surface area contributed by atoms with Crippen LogP contribution in [0.5, 0.6) is 0 Å². The van der Waals surface area contributed by atoms with Gasteiger partial charge in [-0.1, -0.05) is 12.1 Å². The van der Waals surface area contributed by atoms with E-state index in [4.69, 9.17) is 17.2 Å². The molecule has 0 aliphatic heterocycles.